The molecule has 1 saturated heterocycles. The number of aliphatic carboxylic acids is 1. The molecule has 1 fully saturated rings. The quantitative estimate of drug-likeness (QED) is 0.902. The van der Waals surface area contributed by atoms with Crippen molar-refractivity contribution in [1.82, 2.24) is 4.31 Å². The van der Waals surface area contributed by atoms with Gasteiger partial charge >= 0.3 is 5.97 Å². The molecule has 1 aromatic carbocycles. The molecule has 110 valence electrons. The predicted molar refractivity (Wildman–Crippen MR) is 75.0 cm³/mol. The fraction of sp³-hybridized carbons (Fsp3) is 0.500. The number of carbonyl (C=O) groups is 1. The first-order valence-electron chi connectivity index (χ1n) is 6.71. The van der Waals surface area contributed by atoms with Crippen LogP contribution in [0.1, 0.15) is 31.2 Å². The molecule has 0 aromatic heterocycles. The Labute approximate surface area is 119 Å². The van der Waals surface area contributed by atoms with Gasteiger partial charge in [0.25, 0.3) is 0 Å². The average Bonchev–Trinajstić information content (AvgIpc) is 2.86. The fourth-order valence-corrected chi connectivity index (χ4v) is 4.27. The molecule has 1 aromatic rings. The van der Waals surface area contributed by atoms with E-state index in [9.17, 15) is 13.2 Å². The molecular weight excluding hydrogens is 278 g/mol. The Kier molecular flexibility index (Phi) is 4.45. The van der Waals surface area contributed by atoms with E-state index in [1.165, 1.54) is 4.31 Å². The maximum absolute atomic E-state index is 12.6. The highest BCUT2D eigenvalue weighted by Gasteiger charge is 2.35. The van der Waals surface area contributed by atoms with E-state index in [4.69, 9.17) is 5.11 Å². The lowest BCUT2D eigenvalue weighted by Gasteiger charge is -2.23. The van der Waals surface area contributed by atoms with Crippen LogP contribution in [0.4, 0.5) is 0 Å². The zero-order valence-corrected chi connectivity index (χ0v) is 12.3. The second-order valence-electron chi connectivity index (χ2n) is 5.16. The zero-order valence-electron chi connectivity index (χ0n) is 11.4. The van der Waals surface area contributed by atoms with E-state index in [1.807, 2.05) is 6.92 Å². The van der Waals surface area contributed by atoms with E-state index < -0.39 is 16.0 Å². The number of nitrogens with zero attached hydrogens (tertiary/aromatic N) is 1. The Morgan fingerprint density at radius 1 is 1.35 bits per heavy atom. The third-order valence-corrected chi connectivity index (χ3v) is 5.61. The summed E-state index contributed by atoms with van der Waals surface area (Å²) in [5, 5.41) is 8.74. The number of rotatable bonds is 5. The topological polar surface area (TPSA) is 74.7 Å². The summed E-state index contributed by atoms with van der Waals surface area (Å²) in [5.41, 5.74) is 1.01. The maximum Gasteiger partial charge on any atom is 0.303 e. The van der Waals surface area contributed by atoms with Crippen molar-refractivity contribution in [3.63, 3.8) is 0 Å². The Morgan fingerprint density at radius 2 is 2.00 bits per heavy atom. The van der Waals surface area contributed by atoms with Gasteiger partial charge in [-0.3, -0.25) is 4.79 Å². The molecule has 0 radical (unpaired) electrons. The second kappa shape index (κ2) is 5.93. The number of carboxylic acid groups (broad SMARTS) is 1. The molecule has 2 rings (SSSR count). The van der Waals surface area contributed by atoms with Gasteiger partial charge in [0.1, 0.15) is 0 Å². The Hall–Kier alpha value is -1.40. The van der Waals surface area contributed by atoms with E-state index >= 15 is 0 Å². The molecule has 6 heteroatoms. The van der Waals surface area contributed by atoms with Gasteiger partial charge in [-0.2, -0.15) is 4.31 Å². The van der Waals surface area contributed by atoms with Crippen LogP contribution < -0.4 is 0 Å². The van der Waals surface area contributed by atoms with Crippen LogP contribution in [0.2, 0.25) is 0 Å². The Morgan fingerprint density at radius 3 is 2.60 bits per heavy atom. The molecule has 1 aliphatic heterocycles. The summed E-state index contributed by atoms with van der Waals surface area (Å²) >= 11 is 0. The van der Waals surface area contributed by atoms with Crippen molar-refractivity contribution in [2.45, 2.75) is 43.5 Å². The molecule has 1 heterocycles. The van der Waals surface area contributed by atoms with Gasteiger partial charge in [0.05, 0.1) is 4.90 Å². The zero-order chi connectivity index (χ0) is 14.8. The van der Waals surface area contributed by atoms with Gasteiger partial charge in [-0.1, -0.05) is 17.7 Å². The van der Waals surface area contributed by atoms with E-state index in [0.29, 0.717) is 13.0 Å². The molecule has 0 spiro atoms. The number of hydrogen-bond donors (Lipinski definition) is 1. The van der Waals surface area contributed by atoms with Crippen LogP contribution in [-0.4, -0.2) is 36.4 Å². The molecule has 5 nitrogen and oxygen atoms in total. The first-order chi connectivity index (χ1) is 9.41. The highest BCUT2D eigenvalue weighted by Crippen LogP contribution is 2.28. The molecular formula is C14H19NO4S. The van der Waals surface area contributed by atoms with E-state index in [1.54, 1.807) is 24.3 Å². The minimum absolute atomic E-state index is 0.00455. The van der Waals surface area contributed by atoms with Crippen molar-refractivity contribution in [3.8, 4) is 0 Å². The second-order valence-corrected chi connectivity index (χ2v) is 7.05. The van der Waals surface area contributed by atoms with E-state index in [0.717, 1.165) is 18.4 Å². The Balaban J connectivity index is 2.19. The lowest BCUT2D eigenvalue weighted by molar-refractivity contribution is -0.137. The normalized spacial score (nSPS) is 20.1. The Bertz CT molecular complexity index is 580. The summed E-state index contributed by atoms with van der Waals surface area (Å²) in [6, 6.07) is 6.57. The van der Waals surface area contributed by atoms with E-state index in [2.05, 4.69) is 0 Å². The molecule has 0 bridgehead atoms. The third kappa shape index (κ3) is 3.19. The smallest absolute Gasteiger partial charge is 0.303 e. The van der Waals surface area contributed by atoms with Crippen molar-refractivity contribution in [3.05, 3.63) is 29.8 Å². The monoisotopic (exact) mass is 297 g/mol. The maximum atomic E-state index is 12.6. The molecule has 1 aliphatic rings. The lowest BCUT2D eigenvalue weighted by Crippen LogP contribution is -2.35. The first kappa shape index (κ1) is 15.0. The van der Waals surface area contributed by atoms with Gasteiger partial charge in [0.15, 0.2) is 0 Å². The highest BCUT2D eigenvalue weighted by molar-refractivity contribution is 7.89. The summed E-state index contributed by atoms with van der Waals surface area (Å²) < 4.78 is 26.6. The third-order valence-electron chi connectivity index (χ3n) is 3.64. The first-order valence-corrected chi connectivity index (χ1v) is 8.15. The fourth-order valence-electron chi connectivity index (χ4n) is 2.55. The van der Waals surface area contributed by atoms with Crippen LogP contribution in [0, 0.1) is 6.92 Å². The van der Waals surface area contributed by atoms with Crippen LogP contribution in [0.15, 0.2) is 29.2 Å². The van der Waals surface area contributed by atoms with Crippen molar-refractivity contribution >= 4 is 16.0 Å². The SMILES string of the molecule is Cc1ccc(S(=O)(=O)N2CCCC2CCC(=O)O)cc1. The predicted octanol–water partition coefficient (Wildman–Crippen LogP) is 2.01. The average molecular weight is 297 g/mol. The number of hydrogen-bond acceptors (Lipinski definition) is 3. The van der Waals surface area contributed by atoms with Crippen molar-refractivity contribution in [2.24, 2.45) is 0 Å². The minimum atomic E-state index is -3.51. The highest BCUT2D eigenvalue weighted by atomic mass is 32.2. The summed E-state index contributed by atoms with van der Waals surface area (Å²) in [7, 11) is -3.51. The van der Waals surface area contributed by atoms with Gasteiger partial charge in [0.2, 0.25) is 10.0 Å². The molecule has 20 heavy (non-hydrogen) atoms. The summed E-state index contributed by atoms with van der Waals surface area (Å²) in [4.78, 5) is 10.9. The van der Waals surface area contributed by atoms with Crippen LogP contribution in [-0.2, 0) is 14.8 Å². The van der Waals surface area contributed by atoms with Gasteiger partial charge in [-0.05, 0) is 38.3 Å². The number of benzene rings is 1. The summed E-state index contributed by atoms with van der Waals surface area (Å²) in [6.45, 7) is 2.38. The van der Waals surface area contributed by atoms with Crippen LogP contribution >= 0.6 is 0 Å². The van der Waals surface area contributed by atoms with Crippen molar-refractivity contribution in [1.29, 1.82) is 0 Å². The van der Waals surface area contributed by atoms with E-state index in [-0.39, 0.29) is 17.4 Å². The van der Waals surface area contributed by atoms with Gasteiger partial charge in [0, 0.05) is 19.0 Å². The minimum Gasteiger partial charge on any atom is -0.481 e. The van der Waals surface area contributed by atoms with Crippen LogP contribution in [0.3, 0.4) is 0 Å². The van der Waals surface area contributed by atoms with Gasteiger partial charge < -0.3 is 5.11 Å². The van der Waals surface area contributed by atoms with Gasteiger partial charge in [-0.25, -0.2) is 8.42 Å². The van der Waals surface area contributed by atoms with Gasteiger partial charge in [-0.15, -0.1) is 0 Å². The number of sulfonamides is 1. The standard InChI is InChI=1S/C14H19NO4S/c1-11-4-7-13(8-5-11)20(18,19)15-10-2-3-12(15)6-9-14(16)17/h4-5,7-8,12H,2-3,6,9-10H2,1H3,(H,16,17). The molecule has 0 saturated carbocycles. The van der Waals surface area contributed by atoms with Crippen LogP contribution in [0.5, 0.6) is 0 Å². The lowest BCUT2D eigenvalue weighted by atomic mass is 10.1. The van der Waals surface area contributed by atoms with Crippen molar-refractivity contribution in [2.75, 3.05) is 6.54 Å². The summed E-state index contributed by atoms with van der Waals surface area (Å²) in [6.07, 6.45) is 1.90. The van der Waals surface area contributed by atoms with Crippen molar-refractivity contribution < 1.29 is 18.3 Å². The largest absolute Gasteiger partial charge is 0.481 e. The van der Waals surface area contributed by atoms with Crippen LogP contribution in [0.25, 0.3) is 0 Å². The number of aryl methyl sites for hydroxylation is 1. The molecule has 0 amide bonds. The molecule has 1 unspecified atom stereocenters. The molecule has 1 atom stereocenters. The molecule has 0 aliphatic carbocycles. The summed E-state index contributed by atoms with van der Waals surface area (Å²) in [5.74, 6) is -0.885. The molecule has 1 N–H and O–H groups in total. The number of carboxylic acids is 1.